The van der Waals surface area contributed by atoms with Crippen molar-refractivity contribution in [3.8, 4) is 0 Å². The Balaban J connectivity index is 1.68. The molecule has 2 aliphatic heterocycles. The first-order chi connectivity index (χ1) is 12.9. The normalized spacial score (nSPS) is 27.2. The number of likely N-dealkylation sites (tertiary alicyclic amines) is 1. The maximum atomic E-state index is 13.5. The van der Waals surface area contributed by atoms with Crippen LogP contribution in [0, 0.1) is 0 Å². The van der Waals surface area contributed by atoms with Crippen LogP contribution in [0.2, 0.25) is 0 Å². The average molecular weight is 481 g/mol. The van der Waals surface area contributed by atoms with E-state index >= 15 is 0 Å². The smallest absolute Gasteiger partial charge is 0.258 e. The Bertz CT molecular complexity index is 850. The number of ether oxygens (including phenoxy) is 1. The quantitative estimate of drug-likeness (QED) is 0.521. The lowest BCUT2D eigenvalue weighted by molar-refractivity contribution is -0.128. The first-order valence-electron chi connectivity index (χ1n) is 9.32. The molecule has 1 amide bonds. The van der Waals surface area contributed by atoms with E-state index < -0.39 is 0 Å². The molecule has 7 heteroatoms. The molecule has 3 aliphatic rings. The van der Waals surface area contributed by atoms with Gasteiger partial charge in [-0.3, -0.25) is 9.79 Å². The minimum atomic E-state index is -0.0248. The molecule has 6 nitrogen and oxygen atoms in total. The summed E-state index contributed by atoms with van der Waals surface area (Å²) in [6.07, 6.45) is 5.80. The average Bonchev–Trinajstić information content (AvgIpc) is 3.12. The van der Waals surface area contributed by atoms with Crippen LogP contribution < -0.4 is 5.32 Å². The van der Waals surface area contributed by atoms with Gasteiger partial charge >= 0.3 is 0 Å². The molecular formula is C20H24IN3O3. The number of halogens is 1. The Labute approximate surface area is 172 Å². The number of allylic oxidation sites excluding steroid dienone is 1. The SMILES string of the molecule is C/N=C1/OC(C)=C(C(=O)N2CCCC2c2ccco2)/C1=C(/I)NC1(C)CC1. The molecular weight excluding hydrogens is 457 g/mol. The van der Waals surface area contributed by atoms with Crippen LogP contribution in [0.5, 0.6) is 0 Å². The molecule has 1 atom stereocenters. The maximum absolute atomic E-state index is 13.5. The molecule has 144 valence electrons. The van der Waals surface area contributed by atoms with E-state index in [9.17, 15) is 4.79 Å². The predicted octanol–water partition coefficient (Wildman–Crippen LogP) is 4.06. The Morgan fingerprint density at radius 2 is 2.22 bits per heavy atom. The fourth-order valence-corrected chi connectivity index (χ4v) is 4.87. The highest BCUT2D eigenvalue weighted by Crippen LogP contribution is 2.41. The lowest BCUT2D eigenvalue weighted by Crippen LogP contribution is -2.33. The van der Waals surface area contributed by atoms with Crippen LogP contribution >= 0.6 is 22.6 Å². The predicted molar refractivity (Wildman–Crippen MR) is 111 cm³/mol. The van der Waals surface area contributed by atoms with Gasteiger partial charge in [0.05, 0.1) is 27.2 Å². The fraction of sp³-hybridized carbons (Fsp3) is 0.500. The number of nitrogens with zero attached hydrogens (tertiary/aromatic N) is 2. The lowest BCUT2D eigenvalue weighted by Gasteiger charge is -2.24. The molecule has 1 aromatic rings. The summed E-state index contributed by atoms with van der Waals surface area (Å²) >= 11 is 2.27. The highest BCUT2D eigenvalue weighted by atomic mass is 127. The van der Waals surface area contributed by atoms with Crippen molar-refractivity contribution in [2.45, 2.75) is 51.1 Å². The maximum Gasteiger partial charge on any atom is 0.258 e. The van der Waals surface area contributed by atoms with Crippen molar-refractivity contribution in [2.75, 3.05) is 13.6 Å². The first kappa shape index (κ1) is 18.6. The molecule has 0 bridgehead atoms. The lowest BCUT2D eigenvalue weighted by atomic mass is 10.0. The molecule has 27 heavy (non-hydrogen) atoms. The van der Waals surface area contributed by atoms with Gasteiger partial charge in [-0.15, -0.1) is 0 Å². The molecule has 1 saturated carbocycles. The second kappa shape index (κ2) is 7.00. The minimum Gasteiger partial charge on any atom is -0.467 e. The molecule has 0 radical (unpaired) electrons. The third kappa shape index (κ3) is 3.41. The summed E-state index contributed by atoms with van der Waals surface area (Å²) < 4.78 is 12.4. The number of rotatable bonds is 4. The van der Waals surface area contributed by atoms with Crippen molar-refractivity contribution in [1.82, 2.24) is 10.2 Å². The van der Waals surface area contributed by atoms with E-state index in [-0.39, 0.29) is 17.5 Å². The highest BCUT2D eigenvalue weighted by molar-refractivity contribution is 14.1. The monoisotopic (exact) mass is 481 g/mol. The van der Waals surface area contributed by atoms with Crippen LogP contribution in [-0.2, 0) is 9.53 Å². The van der Waals surface area contributed by atoms with Crippen molar-refractivity contribution in [1.29, 1.82) is 0 Å². The topological polar surface area (TPSA) is 67.1 Å². The van der Waals surface area contributed by atoms with Gasteiger partial charge in [-0.2, -0.15) is 0 Å². The Kier molecular flexibility index (Phi) is 4.82. The van der Waals surface area contributed by atoms with Crippen molar-refractivity contribution < 1.29 is 13.9 Å². The number of aliphatic imine (C=N–C) groups is 1. The van der Waals surface area contributed by atoms with Crippen molar-refractivity contribution >= 4 is 34.4 Å². The number of hydrogen-bond acceptors (Lipinski definition) is 5. The minimum absolute atomic E-state index is 0.0167. The molecule has 1 N–H and O–H groups in total. The zero-order valence-corrected chi connectivity index (χ0v) is 18.0. The summed E-state index contributed by atoms with van der Waals surface area (Å²) in [5.74, 6) is 1.94. The van der Waals surface area contributed by atoms with Crippen LogP contribution in [0.25, 0.3) is 0 Å². The van der Waals surface area contributed by atoms with Gasteiger partial charge in [0.1, 0.15) is 11.5 Å². The van der Waals surface area contributed by atoms with Gasteiger partial charge in [0.25, 0.3) is 5.91 Å². The van der Waals surface area contributed by atoms with Crippen molar-refractivity contribution in [3.05, 3.63) is 44.8 Å². The zero-order chi connectivity index (χ0) is 19.2. The van der Waals surface area contributed by atoms with E-state index in [1.165, 1.54) is 0 Å². The van der Waals surface area contributed by atoms with Crippen molar-refractivity contribution in [3.63, 3.8) is 0 Å². The van der Waals surface area contributed by atoms with Crippen molar-refractivity contribution in [2.24, 2.45) is 4.99 Å². The molecule has 1 saturated heterocycles. The number of furan rings is 1. The van der Waals surface area contributed by atoms with Crippen LogP contribution in [0.15, 0.2) is 48.4 Å². The third-order valence-electron chi connectivity index (χ3n) is 5.50. The summed E-state index contributed by atoms with van der Waals surface area (Å²) in [5, 5.41) is 3.55. The summed E-state index contributed by atoms with van der Waals surface area (Å²) in [4.78, 5) is 19.7. The van der Waals surface area contributed by atoms with Crippen LogP contribution in [-0.4, -0.2) is 35.8 Å². The van der Waals surface area contributed by atoms with Gasteiger partial charge in [0.15, 0.2) is 0 Å². The zero-order valence-electron chi connectivity index (χ0n) is 15.8. The summed E-state index contributed by atoms with van der Waals surface area (Å²) in [7, 11) is 1.69. The number of amides is 1. The Hall–Kier alpha value is -1.77. The van der Waals surface area contributed by atoms with E-state index in [1.807, 2.05) is 24.0 Å². The van der Waals surface area contributed by atoms with Crippen LogP contribution in [0.1, 0.15) is 51.3 Å². The van der Waals surface area contributed by atoms with Crippen LogP contribution in [0.3, 0.4) is 0 Å². The highest BCUT2D eigenvalue weighted by Gasteiger charge is 2.42. The molecule has 2 fully saturated rings. The van der Waals surface area contributed by atoms with Gasteiger partial charge in [-0.25, -0.2) is 0 Å². The Morgan fingerprint density at radius 1 is 1.44 bits per heavy atom. The van der Waals surface area contributed by atoms with E-state index in [0.717, 1.165) is 40.7 Å². The molecule has 0 aromatic carbocycles. The number of nitrogens with one attached hydrogen (secondary N) is 1. The fourth-order valence-electron chi connectivity index (χ4n) is 3.72. The van der Waals surface area contributed by atoms with Gasteiger partial charge < -0.3 is 19.4 Å². The van der Waals surface area contributed by atoms with E-state index in [0.29, 0.717) is 23.8 Å². The molecule has 1 aromatic heterocycles. The van der Waals surface area contributed by atoms with E-state index in [4.69, 9.17) is 9.15 Å². The Morgan fingerprint density at radius 3 is 2.85 bits per heavy atom. The van der Waals surface area contributed by atoms with Gasteiger partial charge in [-0.05, 0) is 74.3 Å². The third-order valence-corrected chi connectivity index (χ3v) is 6.31. The van der Waals surface area contributed by atoms with E-state index in [2.05, 4.69) is 39.8 Å². The molecule has 1 unspecified atom stereocenters. The van der Waals surface area contributed by atoms with Gasteiger partial charge in [0, 0.05) is 19.1 Å². The molecule has 3 heterocycles. The van der Waals surface area contributed by atoms with Crippen LogP contribution in [0.4, 0.5) is 0 Å². The summed E-state index contributed by atoms with van der Waals surface area (Å²) in [5.41, 5.74) is 1.49. The molecule has 4 rings (SSSR count). The molecule has 0 spiro atoms. The molecule has 1 aliphatic carbocycles. The number of carbonyl (C=O) groups excluding carboxylic acids is 1. The second-order valence-corrected chi connectivity index (χ2v) is 8.69. The first-order valence-corrected chi connectivity index (χ1v) is 10.4. The van der Waals surface area contributed by atoms with Gasteiger partial charge in [-0.1, -0.05) is 0 Å². The van der Waals surface area contributed by atoms with E-state index in [1.54, 1.807) is 13.3 Å². The number of carbonyl (C=O) groups is 1. The van der Waals surface area contributed by atoms with Gasteiger partial charge in [0.2, 0.25) is 5.90 Å². The summed E-state index contributed by atoms with van der Waals surface area (Å²) in [6.45, 7) is 4.75. The standard InChI is InChI=1S/C20H24IN3O3/c1-12-15(16(18(22-3)27-12)17(21)23-20(2)8-9-20)19(25)24-10-4-6-13(24)14-7-5-11-26-14/h5,7,11,13,23H,4,6,8-10H2,1-3H3/b17-16+,22-18+. The largest absolute Gasteiger partial charge is 0.467 e. The number of hydrogen-bond donors (Lipinski definition) is 1. The summed E-state index contributed by atoms with van der Waals surface area (Å²) in [6, 6.07) is 3.79. The second-order valence-electron chi connectivity index (χ2n) is 7.61.